The third kappa shape index (κ3) is 3.71. The number of para-hydroxylation sites is 1. The van der Waals surface area contributed by atoms with E-state index in [0.717, 1.165) is 11.4 Å². The fourth-order valence-corrected chi connectivity index (χ4v) is 2.99. The predicted octanol–water partition coefficient (Wildman–Crippen LogP) is 4.08. The maximum Gasteiger partial charge on any atom is 0.293 e. The Bertz CT molecular complexity index is 1030. The summed E-state index contributed by atoms with van der Waals surface area (Å²) in [5.41, 5.74) is 3.36. The van der Waals surface area contributed by atoms with Crippen molar-refractivity contribution in [3.8, 4) is 5.69 Å². The molecule has 1 aromatic heterocycles. The monoisotopic (exact) mass is 379 g/mol. The molecule has 1 amide bonds. The highest BCUT2D eigenvalue weighted by atomic mass is 16.6. The number of anilines is 2. The molecule has 0 bridgehead atoms. The molecule has 1 heterocycles. The van der Waals surface area contributed by atoms with E-state index < -0.39 is 10.8 Å². The minimum atomic E-state index is -0.501. The number of carbonyl (C=O) groups excluding carboxylic acids is 1. The van der Waals surface area contributed by atoms with Crippen LogP contribution in [0.5, 0.6) is 0 Å². The van der Waals surface area contributed by atoms with Crippen LogP contribution in [0.15, 0.2) is 48.5 Å². The maximum atomic E-state index is 12.7. The fraction of sp³-hybridized carbons (Fsp3) is 0.200. The van der Waals surface area contributed by atoms with E-state index >= 15 is 0 Å². The number of nitro groups is 1. The molecule has 2 N–H and O–H groups in total. The number of nitrogens with one attached hydrogen (secondary N) is 2. The van der Waals surface area contributed by atoms with Gasteiger partial charge < -0.3 is 10.6 Å². The van der Waals surface area contributed by atoms with E-state index in [2.05, 4.69) is 15.7 Å². The number of rotatable bonds is 6. The van der Waals surface area contributed by atoms with E-state index in [1.165, 1.54) is 6.07 Å². The molecule has 3 aromatic rings. The zero-order valence-electron chi connectivity index (χ0n) is 15.9. The van der Waals surface area contributed by atoms with E-state index in [4.69, 9.17) is 0 Å². The van der Waals surface area contributed by atoms with Gasteiger partial charge in [0.1, 0.15) is 5.69 Å². The molecule has 0 spiro atoms. The first-order valence-electron chi connectivity index (χ1n) is 8.87. The van der Waals surface area contributed by atoms with E-state index in [1.54, 1.807) is 23.7 Å². The molecular formula is C20H21N5O3. The Hall–Kier alpha value is -3.68. The van der Waals surface area contributed by atoms with Gasteiger partial charge >= 0.3 is 0 Å². The first kappa shape index (κ1) is 19.1. The van der Waals surface area contributed by atoms with Gasteiger partial charge in [-0.05, 0) is 45.0 Å². The van der Waals surface area contributed by atoms with E-state index in [1.807, 2.05) is 44.2 Å². The molecule has 8 nitrogen and oxygen atoms in total. The third-order valence-corrected chi connectivity index (χ3v) is 4.35. The number of nitrogens with zero attached hydrogens (tertiary/aromatic N) is 3. The molecule has 0 saturated carbocycles. The van der Waals surface area contributed by atoms with Crippen LogP contribution in [-0.4, -0.2) is 27.2 Å². The second-order valence-corrected chi connectivity index (χ2v) is 6.27. The Labute approximate surface area is 162 Å². The quantitative estimate of drug-likeness (QED) is 0.496. The van der Waals surface area contributed by atoms with Crippen LogP contribution in [0.25, 0.3) is 5.69 Å². The number of aromatic nitrogens is 2. The molecule has 28 heavy (non-hydrogen) atoms. The minimum absolute atomic E-state index is 0.136. The van der Waals surface area contributed by atoms with Gasteiger partial charge in [-0.2, -0.15) is 5.10 Å². The van der Waals surface area contributed by atoms with Crippen molar-refractivity contribution in [3.63, 3.8) is 0 Å². The fourth-order valence-electron chi connectivity index (χ4n) is 2.99. The first-order valence-corrected chi connectivity index (χ1v) is 8.87. The zero-order chi connectivity index (χ0) is 20.3. The Balaban J connectivity index is 1.91. The number of aryl methyl sites for hydroxylation is 1. The van der Waals surface area contributed by atoms with Gasteiger partial charge in [0.15, 0.2) is 0 Å². The summed E-state index contributed by atoms with van der Waals surface area (Å²) < 4.78 is 1.75. The Morgan fingerprint density at radius 1 is 1.18 bits per heavy atom. The van der Waals surface area contributed by atoms with Crippen LogP contribution in [0, 0.1) is 24.0 Å². The molecular weight excluding hydrogens is 358 g/mol. The smallest absolute Gasteiger partial charge is 0.293 e. The normalized spacial score (nSPS) is 10.5. The Morgan fingerprint density at radius 2 is 1.89 bits per heavy atom. The van der Waals surface area contributed by atoms with Crippen LogP contribution in [0.3, 0.4) is 0 Å². The van der Waals surface area contributed by atoms with Gasteiger partial charge in [-0.3, -0.25) is 14.9 Å². The summed E-state index contributed by atoms with van der Waals surface area (Å²) in [4.78, 5) is 23.5. The number of carbonyl (C=O) groups is 1. The van der Waals surface area contributed by atoms with Crippen LogP contribution in [0.2, 0.25) is 0 Å². The molecule has 0 aliphatic heterocycles. The van der Waals surface area contributed by atoms with E-state index in [9.17, 15) is 14.9 Å². The van der Waals surface area contributed by atoms with Crippen LogP contribution < -0.4 is 10.6 Å². The highest BCUT2D eigenvalue weighted by Gasteiger charge is 2.20. The molecule has 0 aliphatic carbocycles. The van der Waals surface area contributed by atoms with Gasteiger partial charge in [0.05, 0.1) is 27.7 Å². The standard InChI is InChI=1S/C20H21N5O3/c1-4-21-17-11-10-15(12-18(17)25(27)28)20(26)22-19-13(2)23-24(14(19)3)16-8-6-5-7-9-16/h5-12,21H,4H2,1-3H3,(H,22,26). The number of benzene rings is 2. The molecule has 0 atom stereocenters. The lowest BCUT2D eigenvalue weighted by Crippen LogP contribution is -2.14. The summed E-state index contributed by atoms with van der Waals surface area (Å²) in [6.07, 6.45) is 0. The highest BCUT2D eigenvalue weighted by molar-refractivity contribution is 6.05. The maximum absolute atomic E-state index is 12.7. The van der Waals surface area contributed by atoms with E-state index in [-0.39, 0.29) is 11.3 Å². The van der Waals surface area contributed by atoms with Crippen LogP contribution in [0.4, 0.5) is 17.1 Å². The van der Waals surface area contributed by atoms with Crippen molar-refractivity contribution in [2.75, 3.05) is 17.2 Å². The van der Waals surface area contributed by atoms with Crippen molar-refractivity contribution in [1.29, 1.82) is 0 Å². The van der Waals surface area contributed by atoms with E-state index in [0.29, 0.717) is 23.6 Å². The second kappa shape index (κ2) is 7.91. The lowest BCUT2D eigenvalue weighted by molar-refractivity contribution is -0.384. The molecule has 3 rings (SSSR count). The lowest BCUT2D eigenvalue weighted by Gasteiger charge is -2.09. The summed E-state index contributed by atoms with van der Waals surface area (Å²) >= 11 is 0. The summed E-state index contributed by atoms with van der Waals surface area (Å²) in [6.45, 7) is 6.06. The molecule has 144 valence electrons. The predicted molar refractivity (Wildman–Crippen MR) is 108 cm³/mol. The molecule has 0 saturated heterocycles. The van der Waals surface area contributed by atoms with Crippen molar-refractivity contribution in [1.82, 2.24) is 9.78 Å². The Morgan fingerprint density at radius 3 is 2.54 bits per heavy atom. The SMILES string of the molecule is CCNc1ccc(C(=O)Nc2c(C)nn(-c3ccccc3)c2C)cc1[N+](=O)[O-]. The summed E-state index contributed by atoms with van der Waals surface area (Å²) in [6, 6.07) is 14.0. The van der Waals surface area contributed by atoms with Gasteiger partial charge in [0, 0.05) is 18.2 Å². The van der Waals surface area contributed by atoms with Gasteiger partial charge in [-0.25, -0.2) is 4.68 Å². The summed E-state index contributed by atoms with van der Waals surface area (Å²) in [5.74, 6) is -0.426. The third-order valence-electron chi connectivity index (χ3n) is 4.35. The number of hydrogen-bond donors (Lipinski definition) is 2. The summed E-state index contributed by atoms with van der Waals surface area (Å²) in [5, 5.41) is 21.6. The molecule has 0 radical (unpaired) electrons. The zero-order valence-corrected chi connectivity index (χ0v) is 15.9. The van der Waals surface area contributed by atoms with Gasteiger partial charge in [0.25, 0.3) is 11.6 Å². The number of nitro benzene ring substituents is 1. The summed E-state index contributed by atoms with van der Waals surface area (Å²) in [7, 11) is 0. The molecule has 8 heteroatoms. The van der Waals surface area contributed by atoms with Crippen LogP contribution in [-0.2, 0) is 0 Å². The van der Waals surface area contributed by atoms with Crippen molar-refractivity contribution >= 4 is 23.0 Å². The first-order chi connectivity index (χ1) is 13.4. The van der Waals surface area contributed by atoms with Crippen molar-refractivity contribution in [2.24, 2.45) is 0 Å². The average Bonchev–Trinajstić information content (AvgIpc) is 2.97. The minimum Gasteiger partial charge on any atom is -0.380 e. The van der Waals surface area contributed by atoms with Gasteiger partial charge in [-0.1, -0.05) is 18.2 Å². The highest BCUT2D eigenvalue weighted by Crippen LogP contribution is 2.27. The van der Waals surface area contributed by atoms with Crippen molar-refractivity contribution in [3.05, 3.63) is 75.6 Å². The van der Waals surface area contributed by atoms with Crippen LogP contribution >= 0.6 is 0 Å². The average molecular weight is 379 g/mol. The van der Waals surface area contributed by atoms with Gasteiger partial charge in [-0.15, -0.1) is 0 Å². The lowest BCUT2D eigenvalue weighted by atomic mass is 10.1. The number of hydrogen-bond acceptors (Lipinski definition) is 5. The molecule has 0 fully saturated rings. The Kier molecular flexibility index (Phi) is 5.39. The van der Waals surface area contributed by atoms with Crippen molar-refractivity contribution in [2.45, 2.75) is 20.8 Å². The van der Waals surface area contributed by atoms with Crippen LogP contribution in [0.1, 0.15) is 28.7 Å². The largest absolute Gasteiger partial charge is 0.380 e. The second-order valence-electron chi connectivity index (χ2n) is 6.27. The molecule has 2 aromatic carbocycles. The topological polar surface area (TPSA) is 102 Å². The van der Waals surface area contributed by atoms with Gasteiger partial charge in [0.2, 0.25) is 0 Å². The van der Waals surface area contributed by atoms with Crippen molar-refractivity contribution < 1.29 is 9.72 Å². The molecule has 0 unspecified atom stereocenters. The molecule has 0 aliphatic rings. The number of amides is 1.